The van der Waals surface area contributed by atoms with Gasteiger partial charge in [0.2, 0.25) is 0 Å². The summed E-state index contributed by atoms with van der Waals surface area (Å²) >= 11 is 0. The molecule has 0 atom stereocenters. The number of hydrogen-bond donors (Lipinski definition) is 1. The smallest absolute Gasteiger partial charge is 0.417 e. The summed E-state index contributed by atoms with van der Waals surface area (Å²) in [6, 6.07) is 6.20. The molecule has 0 aromatic heterocycles. The van der Waals surface area contributed by atoms with E-state index in [1.54, 1.807) is 0 Å². The summed E-state index contributed by atoms with van der Waals surface area (Å²) < 4.78 is 38.7. The molecule has 2 aromatic rings. The zero-order chi connectivity index (χ0) is 13.5. The summed E-state index contributed by atoms with van der Waals surface area (Å²) in [6.07, 6.45) is -4.90. The van der Waals surface area contributed by atoms with Crippen LogP contribution in [-0.2, 0) is 6.18 Å². The van der Waals surface area contributed by atoms with Gasteiger partial charge in [0.1, 0.15) is 0 Å². The van der Waals surface area contributed by atoms with E-state index in [-0.39, 0.29) is 10.8 Å². The Morgan fingerprint density at radius 2 is 1.83 bits per heavy atom. The molecular weight excluding hydrogens is 249 g/mol. The number of benzene rings is 2. The number of rotatable bonds is 1. The summed E-state index contributed by atoms with van der Waals surface area (Å²) in [6.45, 7) is 0. The van der Waals surface area contributed by atoms with E-state index < -0.39 is 29.0 Å². The van der Waals surface area contributed by atoms with E-state index in [0.717, 1.165) is 12.1 Å². The van der Waals surface area contributed by atoms with Crippen molar-refractivity contribution in [1.29, 1.82) is 0 Å². The average molecular weight is 255 g/mol. The number of carboxylic acid groups (broad SMARTS) is 1. The normalized spacial score (nSPS) is 11.7. The maximum Gasteiger partial charge on any atom is 0.417 e. The molecule has 0 aliphatic heterocycles. The van der Waals surface area contributed by atoms with Gasteiger partial charge in [-0.1, -0.05) is 36.1 Å². The first-order valence-electron chi connectivity index (χ1n) is 4.85. The van der Waals surface area contributed by atoms with Gasteiger partial charge >= 0.3 is 12.1 Å². The summed E-state index contributed by atoms with van der Waals surface area (Å²) in [4.78, 5) is 10.8. The zero-order valence-corrected chi connectivity index (χ0v) is 8.78. The minimum atomic E-state index is -4.90. The molecule has 0 aliphatic rings. The molecule has 0 fully saturated rings. The highest BCUT2D eigenvalue weighted by molar-refractivity contribution is 6.01. The molecule has 18 heavy (non-hydrogen) atoms. The minimum Gasteiger partial charge on any atom is -0.872 e. The standard InChI is InChI=1S/C12H7F3O3/c13-12(14,15)10-7-4-2-1-3-6(7)5-8(16)9(10)11(17)18/h1-5,16H,(H,17,18)/p-1. The molecule has 0 radical (unpaired) electrons. The third-order valence-electron chi connectivity index (χ3n) is 2.51. The fourth-order valence-electron chi connectivity index (χ4n) is 1.83. The number of hydrogen-bond acceptors (Lipinski definition) is 2. The first kappa shape index (κ1) is 12.2. The van der Waals surface area contributed by atoms with E-state index in [2.05, 4.69) is 0 Å². The average Bonchev–Trinajstić information content (AvgIpc) is 2.25. The quantitative estimate of drug-likeness (QED) is 0.852. The van der Waals surface area contributed by atoms with Crippen LogP contribution in [0, 0.1) is 0 Å². The van der Waals surface area contributed by atoms with Crippen molar-refractivity contribution in [3.63, 3.8) is 0 Å². The number of alkyl halides is 3. The Labute approximate surface area is 99.1 Å². The molecule has 0 heterocycles. The van der Waals surface area contributed by atoms with Crippen molar-refractivity contribution in [1.82, 2.24) is 0 Å². The maximum absolute atomic E-state index is 12.9. The van der Waals surface area contributed by atoms with Gasteiger partial charge in [-0.25, -0.2) is 4.79 Å². The van der Waals surface area contributed by atoms with Gasteiger partial charge in [0, 0.05) is 0 Å². The lowest BCUT2D eigenvalue weighted by atomic mass is 9.97. The molecule has 0 aliphatic carbocycles. The zero-order valence-electron chi connectivity index (χ0n) is 8.78. The van der Waals surface area contributed by atoms with Crippen LogP contribution in [0.5, 0.6) is 5.75 Å². The molecule has 0 bridgehead atoms. The maximum atomic E-state index is 12.9. The summed E-state index contributed by atoms with van der Waals surface area (Å²) in [5, 5.41) is 20.0. The van der Waals surface area contributed by atoms with Crippen molar-refractivity contribution >= 4 is 16.7 Å². The summed E-state index contributed by atoms with van der Waals surface area (Å²) in [5.74, 6) is -3.02. The first-order chi connectivity index (χ1) is 8.32. The lowest BCUT2D eigenvalue weighted by Crippen LogP contribution is -2.16. The van der Waals surface area contributed by atoms with Gasteiger partial charge in [-0.2, -0.15) is 13.2 Å². The van der Waals surface area contributed by atoms with E-state index in [1.165, 1.54) is 18.2 Å². The Balaban J connectivity index is 2.99. The largest absolute Gasteiger partial charge is 0.872 e. The molecule has 0 saturated carbocycles. The van der Waals surface area contributed by atoms with Crippen molar-refractivity contribution < 1.29 is 28.2 Å². The van der Waals surface area contributed by atoms with Gasteiger partial charge in [-0.15, -0.1) is 0 Å². The molecule has 0 unspecified atom stereocenters. The number of carbonyl (C=O) groups is 1. The molecule has 0 amide bonds. The molecule has 3 nitrogen and oxygen atoms in total. The van der Waals surface area contributed by atoms with Crippen molar-refractivity contribution in [2.24, 2.45) is 0 Å². The summed E-state index contributed by atoms with van der Waals surface area (Å²) in [7, 11) is 0. The van der Waals surface area contributed by atoms with Crippen LogP contribution in [0.25, 0.3) is 10.8 Å². The molecule has 2 rings (SSSR count). The van der Waals surface area contributed by atoms with Gasteiger partial charge in [-0.3, -0.25) is 0 Å². The minimum absolute atomic E-state index is 0.0693. The van der Waals surface area contributed by atoms with Crippen LogP contribution in [0.3, 0.4) is 0 Å². The molecule has 1 N–H and O–H groups in total. The van der Waals surface area contributed by atoms with Crippen LogP contribution in [0.2, 0.25) is 0 Å². The summed E-state index contributed by atoms with van der Waals surface area (Å²) in [5.41, 5.74) is -2.63. The predicted molar refractivity (Wildman–Crippen MR) is 55.4 cm³/mol. The van der Waals surface area contributed by atoms with E-state index in [1.807, 2.05) is 0 Å². The van der Waals surface area contributed by atoms with E-state index >= 15 is 0 Å². The molecule has 0 saturated heterocycles. The van der Waals surface area contributed by atoms with Gasteiger partial charge in [0.15, 0.2) is 0 Å². The van der Waals surface area contributed by atoms with Crippen LogP contribution in [-0.4, -0.2) is 11.1 Å². The van der Waals surface area contributed by atoms with Crippen molar-refractivity contribution in [3.05, 3.63) is 41.5 Å². The van der Waals surface area contributed by atoms with E-state index in [0.29, 0.717) is 0 Å². The molecule has 0 spiro atoms. The number of aromatic carboxylic acids is 1. The molecular formula is C12H6F3O3-. The molecule has 6 heteroatoms. The van der Waals surface area contributed by atoms with Gasteiger partial charge < -0.3 is 10.2 Å². The third-order valence-corrected chi connectivity index (χ3v) is 2.51. The highest BCUT2D eigenvalue weighted by Gasteiger charge is 2.37. The number of fused-ring (bicyclic) bond motifs is 1. The van der Waals surface area contributed by atoms with Crippen LogP contribution in [0.1, 0.15) is 15.9 Å². The Morgan fingerprint density at radius 3 is 2.39 bits per heavy atom. The van der Waals surface area contributed by atoms with Crippen molar-refractivity contribution in [2.45, 2.75) is 6.18 Å². The van der Waals surface area contributed by atoms with Gasteiger partial charge in [-0.05, 0) is 10.8 Å². The monoisotopic (exact) mass is 255 g/mol. The fourth-order valence-corrected chi connectivity index (χ4v) is 1.83. The van der Waals surface area contributed by atoms with Gasteiger partial charge in [0.25, 0.3) is 0 Å². The Morgan fingerprint density at radius 1 is 1.22 bits per heavy atom. The number of halogens is 3. The molecule has 94 valence electrons. The van der Waals surface area contributed by atoms with Crippen LogP contribution >= 0.6 is 0 Å². The second-order valence-electron chi connectivity index (χ2n) is 3.65. The predicted octanol–water partition coefficient (Wildman–Crippen LogP) is 2.63. The van der Waals surface area contributed by atoms with Crippen LogP contribution in [0.4, 0.5) is 13.2 Å². The Bertz CT molecular complexity index is 632. The Hall–Kier alpha value is -2.24. The SMILES string of the molecule is O=C(O)c1c([O-])cc2ccccc2c1C(F)(F)F. The second-order valence-corrected chi connectivity index (χ2v) is 3.65. The lowest BCUT2D eigenvalue weighted by molar-refractivity contribution is -0.269. The van der Waals surface area contributed by atoms with Gasteiger partial charge in [0.05, 0.1) is 11.1 Å². The first-order valence-corrected chi connectivity index (χ1v) is 4.85. The fraction of sp³-hybridized carbons (Fsp3) is 0.0833. The second kappa shape index (κ2) is 3.90. The topological polar surface area (TPSA) is 60.4 Å². The third kappa shape index (κ3) is 1.85. The van der Waals surface area contributed by atoms with E-state index in [9.17, 15) is 23.1 Å². The lowest BCUT2D eigenvalue weighted by Gasteiger charge is -2.19. The highest BCUT2D eigenvalue weighted by Crippen LogP contribution is 2.40. The highest BCUT2D eigenvalue weighted by atomic mass is 19.4. The van der Waals surface area contributed by atoms with Crippen molar-refractivity contribution in [3.8, 4) is 5.75 Å². The van der Waals surface area contributed by atoms with E-state index in [4.69, 9.17) is 5.11 Å². The Kier molecular flexibility index (Phi) is 2.65. The van der Waals surface area contributed by atoms with Crippen LogP contribution < -0.4 is 5.11 Å². The number of carboxylic acids is 1. The van der Waals surface area contributed by atoms with Crippen LogP contribution in [0.15, 0.2) is 30.3 Å². The van der Waals surface area contributed by atoms with Crippen molar-refractivity contribution in [2.75, 3.05) is 0 Å². The molecule has 2 aromatic carbocycles.